The highest BCUT2D eigenvalue weighted by atomic mass is 16.5. The summed E-state index contributed by atoms with van der Waals surface area (Å²) in [4.78, 5) is 24.8. The summed E-state index contributed by atoms with van der Waals surface area (Å²) in [6.07, 6.45) is 12.9. The number of amides is 1. The molecule has 2 aliphatic rings. The minimum absolute atomic E-state index is 0.132. The lowest BCUT2D eigenvalue weighted by atomic mass is 9.91. The summed E-state index contributed by atoms with van der Waals surface area (Å²) in [7, 11) is 0. The smallest absolute Gasteiger partial charge is 0.342 e. The van der Waals surface area contributed by atoms with Crippen molar-refractivity contribution in [3.63, 3.8) is 0 Å². The number of aliphatic hydroxyl groups excluding tert-OH is 1. The summed E-state index contributed by atoms with van der Waals surface area (Å²) in [5, 5.41) is 23.3. The van der Waals surface area contributed by atoms with E-state index in [0.717, 1.165) is 12.8 Å². The molecule has 3 N–H and O–H groups in total. The summed E-state index contributed by atoms with van der Waals surface area (Å²) in [5.41, 5.74) is 0.782. The number of fused-ring (bicyclic) bond motifs is 3. The fourth-order valence-electron chi connectivity index (χ4n) is 4.20. The molecule has 3 rings (SSSR count). The van der Waals surface area contributed by atoms with Gasteiger partial charge in [-0.05, 0) is 37.3 Å². The summed E-state index contributed by atoms with van der Waals surface area (Å²) in [5.74, 6) is -0.962. The molecule has 1 aromatic rings. The number of aliphatic hydroxyl groups is 1. The highest BCUT2D eigenvalue weighted by Gasteiger charge is 2.34. The van der Waals surface area contributed by atoms with Gasteiger partial charge in [0.25, 0.3) is 0 Å². The third kappa shape index (κ3) is 7.58. The van der Waals surface area contributed by atoms with Crippen LogP contribution in [0, 0.1) is 0 Å². The van der Waals surface area contributed by atoms with Crippen molar-refractivity contribution in [3.05, 3.63) is 65.9 Å². The Hall–Kier alpha value is -2.90. The van der Waals surface area contributed by atoms with E-state index in [2.05, 4.69) is 12.2 Å². The third-order valence-corrected chi connectivity index (χ3v) is 5.73. The van der Waals surface area contributed by atoms with Crippen molar-refractivity contribution < 1.29 is 29.3 Å². The number of phenols is 1. The van der Waals surface area contributed by atoms with Crippen LogP contribution in [0.3, 0.4) is 0 Å². The average molecular weight is 456 g/mol. The molecule has 2 aliphatic heterocycles. The third-order valence-electron chi connectivity index (χ3n) is 5.73. The average Bonchev–Trinajstić information content (AvgIpc) is 2.75. The van der Waals surface area contributed by atoms with Gasteiger partial charge in [0.05, 0.1) is 18.3 Å². The second-order valence-electron chi connectivity index (χ2n) is 8.51. The van der Waals surface area contributed by atoms with Crippen LogP contribution in [-0.4, -0.2) is 46.5 Å². The fourth-order valence-corrected chi connectivity index (χ4v) is 4.20. The second-order valence-corrected chi connectivity index (χ2v) is 8.51. The number of benzene rings is 1. The lowest BCUT2D eigenvalue weighted by molar-refractivity contribution is -0.115. The Balaban J connectivity index is 1.66. The predicted molar refractivity (Wildman–Crippen MR) is 125 cm³/mol. The first kappa shape index (κ1) is 24.7. The number of carbonyl (C=O) groups excluding carboxylic acids is 2. The molecule has 0 aliphatic carbocycles. The zero-order valence-corrected chi connectivity index (χ0v) is 19.0. The Morgan fingerprint density at radius 3 is 2.82 bits per heavy atom. The molecule has 2 bridgehead atoms. The number of cyclic esters (lactones) is 1. The first-order valence-electron chi connectivity index (χ1n) is 11.6. The maximum absolute atomic E-state index is 12.9. The summed E-state index contributed by atoms with van der Waals surface area (Å²) >= 11 is 0. The molecule has 0 saturated carbocycles. The Morgan fingerprint density at radius 1 is 1.18 bits per heavy atom. The molecule has 0 radical (unpaired) electrons. The number of aromatic hydroxyl groups is 1. The molecule has 33 heavy (non-hydrogen) atoms. The van der Waals surface area contributed by atoms with Crippen LogP contribution in [0.4, 0.5) is 0 Å². The summed E-state index contributed by atoms with van der Waals surface area (Å²) < 4.78 is 11.9. The topological polar surface area (TPSA) is 105 Å². The number of carbonyl (C=O) groups is 2. The highest BCUT2D eigenvalue weighted by Crippen LogP contribution is 2.32. The molecular formula is C26H33NO6. The van der Waals surface area contributed by atoms with Gasteiger partial charge in [-0.1, -0.05) is 49.8 Å². The van der Waals surface area contributed by atoms with Gasteiger partial charge in [-0.15, -0.1) is 0 Å². The van der Waals surface area contributed by atoms with Crippen molar-refractivity contribution in [2.24, 2.45) is 0 Å². The molecule has 0 aromatic heterocycles. The van der Waals surface area contributed by atoms with Crippen LogP contribution in [0.5, 0.6) is 5.75 Å². The molecule has 1 aromatic carbocycles. The van der Waals surface area contributed by atoms with Gasteiger partial charge in [0.1, 0.15) is 17.4 Å². The molecule has 4 atom stereocenters. The maximum atomic E-state index is 12.9. The van der Waals surface area contributed by atoms with E-state index in [0.29, 0.717) is 37.7 Å². The monoisotopic (exact) mass is 455 g/mol. The fraction of sp³-hybridized carbons (Fsp3) is 0.462. The SMILES string of the molecule is CCC/C=C\C=C/C(=O)N/C=C/C[C@H]1C[C@H]2C[C@H](O)C[C@H](Cc3cccc(O)c3C(=O)O1)O2. The van der Waals surface area contributed by atoms with E-state index in [1.165, 1.54) is 18.3 Å². The van der Waals surface area contributed by atoms with Crippen LogP contribution in [0.1, 0.15) is 61.4 Å². The van der Waals surface area contributed by atoms with Gasteiger partial charge < -0.3 is 25.0 Å². The number of nitrogens with one attached hydrogen (secondary N) is 1. The van der Waals surface area contributed by atoms with Crippen LogP contribution in [0.25, 0.3) is 0 Å². The predicted octanol–water partition coefficient (Wildman–Crippen LogP) is 3.70. The molecule has 0 unspecified atom stereocenters. The van der Waals surface area contributed by atoms with Crippen molar-refractivity contribution in [2.75, 3.05) is 0 Å². The molecule has 2 heterocycles. The van der Waals surface area contributed by atoms with Crippen molar-refractivity contribution in [1.29, 1.82) is 0 Å². The van der Waals surface area contributed by atoms with E-state index in [-0.39, 0.29) is 29.4 Å². The number of hydrogen-bond acceptors (Lipinski definition) is 6. The van der Waals surface area contributed by atoms with Crippen molar-refractivity contribution in [1.82, 2.24) is 5.32 Å². The normalized spacial score (nSPS) is 25.8. The van der Waals surface area contributed by atoms with E-state index in [1.54, 1.807) is 24.3 Å². The first-order chi connectivity index (χ1) is 16.0. The van der Waals surface area contributed by atoms with Crippen LogP contribution in [0.15, 0.2) is 54.8 Å². The first-order valence-corrected chi connectivity index (χ1v) is 11.6. The Labute approximate surface area is 194 Å². The zero-order valence-electron chi connectivity index (χ0n) is 19.0. The lowest BCUT2D eigenvalue weighted by Gasteiger charge is -2.36. The van der Waals surface area contributed by atoms with Gasteiger partial charge in [0.2, 0.25) is 5.91 Å². The number of allylic oxidation sites excluding steroid dienone is 3. The minimum Gasteiger partial charge on any atom is -0.507 e. The summed E-state index contributed by atoms with van der Waals surface area (Å²) in [6.45, 7) is 2.09. The summed E-state index contributed by atoms with van der Waals surface area (Å²) in [6, 6.07) is 4.91. The standard InChI is InChI=1S/C26H33NO6/c1-2-3-4-5-6-12-24(30)27-13-8-10-20-17-22-16-19(28)15-21(32-22)14-18-9-7-11-23(29)25(18)26(31)33-20/h4-9,11-13,19-22,28-29H,2-3,10,14-17H2,1H3,(H,27,30)/b5-4-,12-6-,13-8+/t19-,20+,21+,22-/m1/s1. The van der Waals surface area contributed by atoms with Gasteiger partial charge >= 0.3 is 5.97 Å². The number of ether oxygens (including phenoxy) is 2. The van der Waals surface area contributed by atoms with Crippen LogP contribution < -0.4 is 5.32 Å². The Kier molecular flexibility index (Phi) is 9.27. The zero-order chi connectivity index (χ0) is 23.6. The van der Waals surface area contributed by atoms with Gasteiger partial charge in [0, 0.05) is 25.1 Å². The van der Waals surface area contributed by atoms with Crippen LogP contribution in [0.2, 0.25) is 0 Å². The van der Waals surface area contributed by atoms with E-state index in [9.17, 15) is 19.8 Å². The number of esters is 1. The van der Waals surface area contributed by atoms with Crippen LogP contribution in [-0.2, 0) is 20.7 Å². The van der Waals surface area contributed by atoms with E-state index in [1.807, 2.05) is 12.2 Å². The molecular weight excluding hydrogens is 422 g/mol. The number of phenolic OH excluding ortho intramolecular Hbond substituents is 1. The largest absolute Gasteiger partial charge is 0.507 e. The van der Waals surface area contributed by atoms with Gasteiger partial charge in [0.15, 0.2) is 0 Å². The molecule has 1 amide bonds. The van der Waals surface area contributed by atoms with Gasteiger partial charge in [-0.3, -0.25) is 4.79 Å². The van der Waals surface area contributed by atoms with Crippen molar-refractivity contribution in [2.45, 2.75) is 76.3 Å². The highest BCUT2D eigenvalue weighted by molar-refractivity contribution is 5.94. The van der Waals surface area contributed by atoms with Crippen molar-refractivity contribution in [3.8, 4) is 5.75 Å². The maximum Gasteiger partial charge on any atom is 0.342 e. The van der Waals surface area contributed by atoms with Gasteiger partial charge in [-0.2, -0.15) is 0 Å². The number of rotatable bonds is 7. The molecule has 7 heteroatoms. The number of hydrogen-bond donors (Lipinski definition) is 3. The van der Waals surface area contributed by atoms with Gasteiger partial charge in [-0.25, -0.2) is 4.79 Å². The lowest BCUT2D eigenvalue weighted by Crippen LogP contribution is -2.40. The molecule has 1 fully saturated rings. The van der Waals surface area contributed by atoms with E-state index in [4.69, 9.17) is 9.47 Å². The number of unbranched alkanes of at least 4 members (excludes halogenated alkanes) is 1. The Bertz CT molecular complexity index is 906. The van der Waals surface area contributed by atoms with Crippen LogP contribution >= 0.6 is 0 Å². The van der Waals surface area contributed by atoms with E-state index < -0.39 is 18.2 Å². The second kappa shape index (κ2) is 12.4. The minimum atomic E-state index is -0.576. The quantitative estimate of drug-likeness (QED) is 0.329. The molecule has 0 spiro atoms. The van der Waals surface area contributed by atoms with Crippen molar-refractivity contribution >= 4 is 11.9 Å². The molecule has 7 nitrogen and oxygen atoms in total. The molecule has 178 valence electrons. The molecule has 1 saturated heterocycles. The van der Waals surface area contributed by atoms with E-state index >= 15 is 0 Å². The Morgan fingerprint density at radius 2 is 2.00 bits per heavy atom.